The highest BCUT2D eigenvalue weighted by Gasteiger charge is 2.18. The van der Waals surface area contributed by atoms with Gasteiger partial charge in [0.2, 0.25) is 0 Å². The molecule has 1 amide bonds. The highest BCUT2D eigenvalue weighted by atomic mass is 32.1. The standard InChI is InChI=1S/C11H14N4OS/c1-7(2)9-10(17-15-14-9)11(16)13-6-8-3-4-12-5-8/h3-5,7,12H,6H2,1-2H3,(H,13,16). The number of nitrogens with one attached hydrogen (secondary N) is 2. The average Bonchev–Trinajstić information content (AvgIpc) is 2.96. The molecule has 0 aromatic carbocycles. The van der Waals surface area contributed by atoms with E-state index in [4.69, 9.17) is 0 Å². The van der Waals surface area contributed by atoms with Crippen LogP contribution in [0, 0.1) is 0 Å². The number of carbonyl (C=O) groups is 1. The molecule has 2 heterocycles. The maximum Gasteiger partial charge on any atom is 0.265 e. The van der Waals surface area contributed by atoms with Crippen molar-refractivity contribution in [3.05, 3.63) is 34.6 Å². The number of hydrogen-bond donors (Lipinski definition) is 2. The van der Waals surface area contributed by atoms with E-state index in [1.54, 1.807) is 0 Å². The molecule has 0 radical (unpaired) electrons. The number of aromatic amines is 1. The molecule has 0 aliphatic heterocycles. The molecule has 0 fully saturated rings. The summed E-state index contributed by atoms with van der Waals surface area (Å²) >= 11 is 1.14. The lowest BCUT2D eigenvalue weighted by atomic mass is 10.1. The van der Waals surface area contributed by atoms with Gasteiger partial charge in [-0.2, -0.15) is 0 Å². The van der Waals surface area contributed by atoms with Gasteiger partial charge in [0.05, 0.1) is 5.69 Å². The third-order valence-corrected chi connectivity index (χ3v) is 3.12. The Hall–Kier alpha value is -1.69. The summed E-state index contributed by atoms with van der Waals surface area (Å²) in [5.74, 6) is 0.103. The molecule has 2 rings (SSSR count). The van der Waals surface area contributed by atoms with Gasteiger partial charge >= 0.3 is 0 Å². The number of rotatable bonds is 4. The summed E-state index contributed by atoms with van der Waals surface area (Å²) < 4.78 is 3.83. The second kappa shape index (κ2) is 5.09. The molecule has 6 heteroatoms. The van der Waals surface area contributed by atoms with Crippen LogP contribution in [0.25, 0.3) is 0 Å². The molecule has 2 aromatic rings. The first-order valence-corrected chi connectivity index (χ1v) is 6.18. The van der Waals surface area contributed by atoms with Crippen molar-refractivity contribution in [2.75, 3.05) is 0 Å². The summed E-state index contributed by atoms with van der Waals surface area (Å²) in [6.07, 6.45) is 3.68. The zero-order valence-corrected chi connectivity index (χ0v) is 10.5. The first kappa shape index (κ1) is 11.8. The van der Waals surface area contributed by atoms with Crippen LogP contribution in [0.5, 0.6) is 0 Å². The molecule has 5 nitrogen and oxygen atoms in total. The van der Waals surface area contributed by atoms with Crippen molar-refractivity contribution in [3.8, 4) is 0 Å². The fourth-order valence-corrected chi connectivity index (χ4v) is 2.20. The first-order chi connectivity index (χ1) is 8.18. The van der Waals surface area contributed by atoms with Crippen LogP contribution in [-0.2, 0) is 6.54 Å². The Balaban J connectivity index is 2.02. The molecule has 17 heavy (non-hydrogen) atoms. The summed E-state index contributed by atoms with van der Waals surface area (Å²) in [5, 5.41) is 6.84. The SMILES string of the molecule is CC(C)c1nnsc1C(=O)NCc1cc[nH]c1. The predicted molar refractivity (Wildman–Crippen MR) is 66.0 cm³/mol. The third kappa shape index (κ3) is 2.71. The molecule has 2 aromatic heterocycles. The molecule has 90 valence electrons. The number of aromatic nitrogens is 3. The maximum absolute atomic E-state index is 11.9. The second-order valence-electron chi connectivity index (χ2n) is 4.04. The van der Waals surface area contributed by atoms with Crippen molar-refractivity contribution in [1.82, 2.24) is 19.9 Å². The van der Waals surface area contributed by atoms with E-state index in [-0.39, 0.29) is 11.8 Å². The summed E-state index contributed by atoms with van der Waals surface area (Å²) in [5.41, 5.74) is 1.81. The molecule has 0 aliphatic carbocycles. The fourth-order valence-electron chi connectivity index (χ4n) is 1.46. The topological polar surface area (TPSA) is 70.7 Å². The molecule has 0 aliphatic rings. The molecule has 0 bridgehead atoms. The monoisotopic (exact) mass is 250 g/mol. The van der Waals surface area contributed by atoms with Gasteiger partial charge in [-0.25, -0.2) is 0 Å². The zero-order chi connectivity index (χ0) is 12.3. The van der Waals surface area contributed by atoms with Gasteiger partial charge in [-0.3, -0.25) is 4.79 Å². The molecule has 0 atom stereocenters. The third-order valence-electron chi connectivity index (χ3n) is 2.38. The summed E-state index contributed by atoms with van der Waals surface area (Å²) in [6.45, 7) is 4.51. The van der Waals surface area contributed by atoms with Gasteiger partial charge in [0.15, 0.2) is 0 Å². The fraction of sp³-hybridized carbons (Fsp3) is 0.364. The Labute approximate surface area is 103 Å². The Morgan fingerprint density at radius 1 is 1.59 bits per heavy atom. The van der Waals surface area contributed by atoms with E-state index in [2.05, 4.69) is 19.9 Å². The number of carbonyl (C=O) groups excluding carboxylic acids is 1. The summed E-state index contributed by atoms with van der Waals surface area (Å²) in [4.78, 5) is 15.5. The quantitative estimate of drug-likeness (QED) is 0.871. The van der Waals surface area contributed by atoms with Gasteiger partial charge < -0.3 is 10.3 Å². The summed E-state index contributed by atoms with van der Waals surface area (Å²) in [6, 6.07) is 1.93. The first-order valence-electron chi connectivity index (χ1n) is 5.40. The molecule has 0 saturated carbocycles. The van der Waals surface area contributed by atoms with Crippen molar-refractivity contribution in [1.29, 1.82) is 0 Å². The highest BCUT2D eigenvalue weighted by molar-refractivity contribution is 7.08. The van der Waals surface area contributed by atoms with Crippen LogP contribution in [-0.4, -0.2) is 20.5 Å². The van der Waals surface area contributed by atoms with Gasteiger partial charge in [0.25, 0.3) is 5.91 Å². The lowest BCUT2D eigenvalue weighted by Crippen LogP contribution is -2.23. The van der Waals surface area contributed by atoms with Gasteiger partial charge in [-0.15, -0.1) is 5.10 Å². The lowest BCUT2D eigenvalue weighted by molar-refractivity contribution is 0.0953. The normalized spacial score (nSPS) is 10.8. The molecular weight excluding hydrogens is 236 g/mol. The molecule has 0 saturated heterocycles. The van der Waals surface area contributed by atoms with E-state index in [0.717, 1.165) is 22.8 Å². The second-order valence-corrected chi connectivity index (χ2v) is 4.80. The number of hydrogen-bond acceptors (Lipinski definition) is 4. The minimum absolute atomic E-state index is 0.107. The van der Waals surface area contributed by atoms with Crippen LogP contribution in [0.2, 0.25) is 0 Å². The smallest absolute Gasteiger partial charge is 0.265 e. The Morgan fingerprint density at radius 2 is 2.41 bits per heavy atom. The minimum atomic E-state index is -0.107. The zero-order valence-electron chi connectivity index (χ0n) is 9.73. The Kier molecular flexibility index (Phi) is 3.53. The largest absolute Gasteiger partial charge is 0.367 e. The van der Waals surface area contributed by atoms with Crippen molar-refractivity contribution in [2.24, 2.45) is 0 Å². The number of nitrogens with zero attached hydrogens (tertiary/aromatic N) is 2. The predicted octanol–water partition coefficient (Wildman–Crippen LogP) is 1.92. The van der Waals surface area contributed by atoms with Crippen LogP contribution in [0.15, 0.2) is 18.5 Å². The van der Waals surface area contributed by atoms with Crippen molar-refractivity contribution >= 4 is 17.4 Å². The van der Waals surface area contributed by atoms with E-state index in [0.29, 0.717) is 11.4 Å². The maximum atomic E-state index is 11.9. The Bertz CT molecular complexity index is 489. The van der Waals surface area contributed by atoms with Gasteiger partial charge in [-0.05, 0) is 29.1 Å². The lowest BCUT2D eigenvalue weighted by Gasteiger charge is -2.04. The van der Waals surface area contributed by atoms with Crippen molar-refractivity contribution < 1.29 is 4.79 Å². The van der Waals surface area contributed by atoms with Crippen LogP contribution >= 0.6 is 11.5 Å². The minimum Gasteiger partial charge on any atom is -0.367 e. The van der Waals surface area contributed by atoms with Crippen molar-refractivity contribution in [2.45, 2.75) is 26.3 Å². The van der Waals surface area contributed by atoms with E-state index in [1.165, 1.54) is 0 Å². The van der Waals surface area contributed by atoms with Gasteiger partial charge in [0, 0.05) is 18.9 Å². The van der Waals surface area contributed by atoms with E-state index in [1.807, 2.05) is 32.3 Å². The average molecular weight is 250 g/mol. The van der Waals surface area contributed by atoms with Crippen LogP contribution in [0.1, 0.15) is 40.7 Å². The van der Waals surface area contributed by atoms with Crippen molar-refractivity contribution in [3.63, 3.8) is 0 Å². The van der Waals surface area contributed by atoms with E-state index < -0.39 is 0 Å². The van der Waals surface area contributed by atoms with Gasteiger partial charge in [-0.1, -0.05) is 18.3 Å². The highest BCUT2D eigenvalue weighted by Crippen LogP contribution is 2.19. The number of H-pyrrole nitrogens is 1. The molecule has 0 unspecified atom stereocenters. The van der Waals surface area contributed by atoms with Crippen LogP contribution in [0.3, 0.4) is 0 Å². The number of amides is 1. The molecule has 0 spiro atoms. The van der Waals surface area contributed by atoms with Crippen LogP contribution in [0.4, 0.5) is 0 Å². The van der Waals surface area contributed by atoms with Crippen LogP contribution < -0.4 is 5.32 Å². The Morgan fingerprint density at radius 3 is 3.06 bits per heavy atom. The van der Waals surface area contributed by atoms with E-state index in [9.17, 15) is 4.79 Å². The van der Waals surface area contributed by atoms with Gasteiger partial charge in [0.1, 0.15) is 4.88 Å². The molecular formula is C11H14N4OS. The van der Waals surface area contributed by atoms with E-state index >= 15 is 0 Å². The molecule has 2 N–H and O–H groups in total. The summed E-state index contributed by atoms with van der Waals surface area (Å²) in [7, 11) is 0.